The molecule has 1 amide bonds. The summed E-state index contributed by atoms with van der Waals surface area (Å²) in [4.78, 5) is 14.7. The van der Waals surface area contributed by atoms with E-state index in [1.807, 2.05) is 16.5 Å². The lowest BCUT2D eigenvalue weighted by Gasteiger charge is -2.40. The first kappa shape index (κ1) is 23.0. The number of nitrogens with one attached hydrogen (secondary N) is 1. The molecule has 3 heterocycles. The van der Waals surface area contributed by atoms with Gasteiger partial charge in [-0.15, -0.1) is 0 Å². The molecular formula is C22H28F2N4O3S. The average Bonchev–Trinajstić information content (AvgIpc) is 3.27. The standard InChI is InChI=1S/C22H28F2N4O3S/c1-22(2,3)31-21(29)25-18-8-15(27-9-13-10-28(32-4)26-19(13)11-27)12-30-20(18)16-7-14(23)5-6-17(16)24/h5-7,10,15,18,20H,8-9,11-12H2,1-4H3,(H,25,29)/t15-,18?,20+/m0/s1. The number of ether oxygens (including phenoxy) is 2. The molecule has 0 bridgehead atoms. The van der Waals surface area contributed by atoms with Gasteiger partial charge in [-0.05, 0) is 57.3 Å². The van der Waals surface area contributed by atoms with Gasteiger partial charge in [-0.3, -0.25) is 4.90 Å². The molecule has 10 heteroatoms. The molecule has 1 aromatic heterocycles. The third kappa shape index (κ3) is 5.07. The molecule has 2 aromatic rings. The van der Waals surface area contributed by atoms with E-state index in [1.54, 1.807) is 20.8 Å². The van der Waals surface area contributed by atoms with Gasteiger partial charge >= 0.3 is 6.09 Å². The Bertz CT molecular complexity index is 971. The number of benzene rings is 1. The van der Waals surface area contributed by atoms with Crippen molar-refractivity contribution in [3.63, 3.8) is 0 Å². The van der Waals surface area contributed by atoms with Crippen molar-refractivity contribution in [2.24, 2.45) is 0 Å². The first-order chi connectivity index (χ1) is 15.1. The lowest BCUT2D eigenvalue weighted by atomic mass is 9.92. The third-order valence-corrected chi connectivity index (χ3v) is 6.17. The zero-order valence-electron chi connectivity index (χ0n) is 18.6. The summed E-state index contributed by atoms with van der Waals surface area (Å²) in [6, 6.07) is 2.67. The highest BCUT2D eigenvalue weighted by molar-refractivity contribution is 7.97. The van der Waals surface area contributed by atoms with Crippen molar-refractivity contribution in [3.8, 4) is 0 Å². The van der Waals surface area contributed by atoms with Crippen molar-refractivity contribution in [1.29, 1.82) is 0 Å². The zero-order chi connectivity index (χ0) is 23.0. The van der Waals surface area contributed by atoms with Crippen LogP contribution < -0.4 is 5.32 Å². The van der Waals surface area contributed by atoms with Gasteiger partial charge in [0.15, 0.2) is 0 Å². The topological polar surface area (TPSA) is 68.6 Å². The molecule has 174 valence electrons. The Kier molecular flexibility index (Phi) is 6.46. The fourth-order valence-electron chi connectivity index (χ4n) is 4.21. The predicted octanol–water partition coefficient (Wildman–Crippen LogP) is 4.03. The molecule has 3 atom stereocenters. The van der Waals surface area contributed by atoms with E-state index >= 15 is 0 Å². The highest BCUT2D eigenvalue weighted by Gasteiger charge is 2.40. The van der Waals surface area contributed by atoms with Gasteiger partial charge in [0.2, 0.25) is 0 Å². The molecule has 0 aliphatic carbocycles. The number of carbonyl (C=O) groups excluding carboxylic acids is 1. The molecule has 4 rings (SSSR count). The fourth-order valence-corrected chi connectivity index (χ4v) is 4.62. The molecule has 32 heavy (non-hydrogen) atoms. The molecule has 1 fully saturated rings. The molecule has 1 aromatic carbocycles. The van der Waals surface area contributed by atoms with Gasteiger partial charge in [0.25, 0.3) is 0 Å². The number of hydrogen-bond acceptors (Lipinski definition) is 6. The number of hydrogen-bond donors (Lipinski definition) is 1. The maximum Gasteiger partial charge on any atom is 0.407 e. The van der Waals surface area contributed by atoms with Crippen LogP contribution in [0.5, 0.6) is 0 Å². The van der Waals surface area contributed by atoms with E-state index in [4.69, 9.17) is 9.47 Å². The summed E-state index contributed by atoms with van der Waals surface area (Å²) in [5.74, 6) is -1.13. The summed E-state index contributed by atoms with van der Waals surface area (Å²) in [7, 11) is 0. The molecular weight excluding hydrogens is 438 g/mol. The third-order valence-electron chi connectivity index (χ3n) is 5.61. The van der Waals surface area contributed by atoms with E-state index in [9.17, 15) is 13.6 Å². The Balaban J connectivity index is 1.52. The molecule has 0 radical (unpaired) electrons. The average molecular weight is 467 g/mol. The molecule has 1 unspecified atom stereocenters. The Morgan fingerprint density at radius 1 is 1.31 bits per heavy atom. The van der Waals surface area contributed by atoms with E-state index < -0.39 is 35.5 Å². The highest BCUT2D eigenvalue weighted by Crippen LogP contribution is 2.35. The van der Waals surface area contributed by atoms with Crippen molar-refractivity contribution in [3.05, 3.63) is 52.9 Å². The van der Waals surface area contributed by atoms with E-state index in [0.717, 1.165) is 36.0 Å². The van der Waals surface area contributed by atoms with Crippen LogP contribution in [0.2, 0.25) is 0 Å². The number of aromatic nitrogens is 2. The van der Waals surface area contributed by atoms with Crippen molar-refractivity contribution in [2.75, 3.05) is 12.9 Å². The maximum absolute atomic E-state index is 14.5. The Morgan fingerprint density at radius 3 is 2.78 bits per heavy atom. The summed E-state index contributed by atoms with van der Waals surface area (Å²) >= 11 is 1.54. The maximum atomic E-state index is 14.5. The summed E-state index contributed by atoms with van der Waals surface area (Å²) in [6.45, 7) is 7.04. The van der Waals surface area contributed by atoms with Crippen LogP contribution in [0.25, 0.3) is 0 Å². The van der Waals surface area contributed by atoms with Gasteiger partial charge in [0, 0.05) is 42.7 Å². The van der Waals surface area contributed by atoms with Gasteiger partial charge in [-0.1, -0.05) is 0 Å². The van der Waals surface area contributed by atoms with E-state index in [0.29, 0.717) is 19.6 Å². The van der Waals surface area contributed by atoms with Crippen molar-refractivity contribution in [2.45, 2.75) is 64.1 Å². The number of carbonyl (C=O) groups is 1. The Labute approximate surface area is 190 Å². The van der Waals surface area contributed by atoms with Crippen LogP contribution >= 0.6 is 11.9 Å². The van der Waals surface area contributed by atoms with Gasteiger partial charge in [-0.2, -0.15) is 5.10 Å². The number of nitrogens with zero attached hydrogens (tertiary/aromatic N) is 3. The van der Waals surface area contributed by atoms with E-state index in [2.05, 4.69) is 15.3 Å². The number of halogens is 2. The van der Waals surface area contributed by atoms with Crippen LogP contribution in [0.15, 0.2) is 24.4 Å². The van der Waals surface area contributed by atoms with Crippen molar-refractivity contribution in [1.82, 2.24) is 19.4 Å². The molecule has 7 nitrogen and oxygen atoms in total. The van der Waals surface area contributed by atoms with Crippen molar-refractivity contribution < 1.29 is 23.0 Å². The molecule has 2 aliphatic heterocycles. The molecule has 0 spiro atoms. The van der Waals surface area contributed by atoms with Crippen LogP contribution in [0, 0.1) is 11.6 Å². The normalized spacial score (nSPS) is 23.8. The smallest absolute Gasteiger partial charge is 0.407 e. The molecule has 1 N–H and O–H groups in total. The molecule has 2 aliphatic rings. The van der Waals surface area contributed by atoms with E-state index in [-0.39, 0.29) is 11.6 Å². The second-order valence-electron chi connectivity index (χ2n) is 9.15. The van der Waals surface area contributed by atoms with E-state index in [1.165, 1.54) is 11.9 Å². The Hall–Kier alpha value is -2.17. The number of rotatable bonds is 4. The number of alkyl carbamates (subject to hydrolysis) is 1. The lowest BCUT2D eigenvalue weighted by molar-refractivity contribution is -0.0629. The Morgan fingerprint density at radius 2 is 2.09 bits per heavy atom. The number of fused-ring (bicyclic) bond motifs is 1. The van der Waals surface area contributed by atoms with Crippen LogP contribution in [-0.2, 0) is 22.6 Å². The van der Waals surface area contributed by atoms with Gasteiger partial charge in [0.1, 0.15) is 23.3 Å². The second-order valence-corrected chi connectivity index (χ2v) is 9.89. The van der Waals surface area contributed by atoms with Crippen LogP contribution in [0.1, 0.15) is 50.1 Å². The molecule has 0 saturated carbocycles. The number of amides is 1. The van der Waals surface area contributed by atoms with Crippen LogP contribution in [-0.4, -0.2) is 50.7 Å². The summed E-state index contributed by atoms with van der Waals surface area (Å²) in [6.07, 6.45) is 3.06. The fraction of sp³-hybridized carbons (Fsp3) is 0.545. The predicted molar refractivity (Wildman–Crippen MR) is 117 cm³/mol. The largest absolute Gasteiger partial charge is 0.444 e. The quantitative estimate of drug-likeness (QED) is 0.734. The van der Waals surface area contributed by atoms with Crippen molar-refractivity contribution >= 4 is 18.0 Å². The van der Waals surface area contributed by atoms with Crippen LogP contribution in [0.3, 0.4) is 0 Å². The second kappa shape index (κ2) is 8.99. The summed E-state index contributed by atoms with van der Waals surface area (Å²) < 4.78 is 41.7. The summed E-state index contributed by atoms with van der Waals surface area (Å²) in [5, 5.41) is 7.39. The van der Waals surface area contributed by atoms with Crippen LogP contribution in [0.4, 0.5) is 13.6 Å². The minimum Gasteiger partial charge on any atom is -0.444 e. The highest BCUT2D eigenvalue weighted by atomic mass is 32.2. The monoisotopic (exact) mass is 466 g/mol. The lowest BCUT2D eigenvalue weighted by Crippen LogP contribution is -2.52. The first-order valence-corrected chi connectivity index (χ1v) is 11.7. The minimum absolute atomic E-state index is 0.0141. The van der Waals surface area contributed by atoms with Gasteiger partial charge < -0.3 is 14.8 Å². The zero-order valence-corrected chi connectivity index (χ0v) is 19.4. The van der Waals surface area contributed by atoms with Gasteiger partial charge in [0.05, 0.1) is 18.3 Å². The summed E-state index contributed by atoms with van der Waals surface area (Å²) in [5.41, 5.74) is 1.59. The molecule has 1 saturated heterocycles. The minimum atomic E-state index is -0.819. The SMILES string of the molecule is CSn1cc2c(n1)CN([C@@H]1CO[C@H](c3cc(F)ccc3F)C(NC(=O)OC(C)(C)C)C1)C2. The van der Waals surface area contributed by atoms with Gasteiger partial charge in [-0.25, -0.2) is 17.7 Å². The first-order valence-electron chi connectivity index (χ1n) is 10.5.